The van der Waals surface area contributed by atoms with Gasteiger partial charge in [0.25, 0.3) is 10.0 Å². The van der Waals surface area contributed by atoms with E-state index in [9.17, 15) is 8.42 Å². The van der Waals surface area contributed by atoms with Gasteiger partial charge in [-0.3, -0.25) is 9.82 Å². The van der Waals surface area contributed by atoms with E-state index in [1.54, 1.807) is 24.3 Å². The van der Waals surface area contributed by atoms with Gasteiger partial charge in [-0.25, -0.2) is 8.42 Å². The molecule has 6 heteroatoms. The lowest BCUT2D eigenvalue weighted by Crippen LogP contribution is -2.33. The van der Waals surface area contributed by atoms with Crippen molar-refractivity contribution in [1.82, 2.24) is 4.98 Å². The lowest BCUT2D eigenvalue weighted by atomic mass is 10.2. The average molecular weight is 385 g/mol. The zero-order valence-corrected chi connectivity index (χ0v) is 16.2. The molecule has 0 fully saturated rings. The quantitative estimate of drug-likeness (QED) is 0.396. The van der Waals surface area contributed by atoms with E-state index in [-0.39, 0.29) is 12.4 Å². The monoisotopic (exact) mass is 384 g/mol. The van der Waals surface area contributed by atoms with E-state index in [1.807, 2.05) is 49.4 Å². The van der Waals surface area contributed by atoms with Crippen LogP contribution in [-0.4, -0.2) is 19.2 Å². The lowest BCUT2D eigenvalue weighted by Gasteiger charge is -2.23. The second kappa shape index (κ2) is 8.97. The van der Waals surface area contributed by atoms with Crippen molar-refractivity contribution in [3.8, 4) is 0 Å². The fraction of sp³-hybridized carbons (Fsp3) is 0.286. The van der Waals surface area contributed by atoms with Gasteiger partial charge in [0, 0.05) is 5.39 Å². The number of unbranched alkanes of at least 4 members (excludes halogenated alkanes) is 2. The standard InChI is InChI=1S/C21H24N2O3S/c1-2-3-9-16-27(24,25)23(20-11-5-4-6-12-20)26-17-19-15-14-18-10-7-8-13-21(18)22-19/h4-8,10-15H,2-3,9,16-17H2,1H3. The number of benzene rings is 2. The lowest BCUT2D eigenvalue weighted by molar-refractivity contribution is 0.132. The first-order valence-corrected chi connectivity index (χ1v) is 10.8. The summed E-state index contributed by atoms with van der Waals surface area (Å²) in [5.74, 6) is 0.0564. The highest BCUT2D eigenvalue weighted by atomic mass is 32.2. The van der Waals surface area contributed by atoms with Crippen molar-refractivity contribution in [2.75, 3.05) is 10.2 Å². The minimum absolute atomic E-state index is 0.0564. The minimum atomic E-state index is -3.58. The molecule has 0 saturated heterocycles. The molecule has 0 bridgehead atoms. The summed E-state index contributed by atoms with van der Waals surface area (Å²) in [6.45, 7) is 2.12. The van der Waals surface area contributed by atoms with E-state index in [2.05, 4.69) is 4.98 Å². The number of rotatable bonds is 9. The van der Waals surface area contributed by atoms with Crippen LogP contribution in [0.25, 0.3) is 10.9 Å². The van der Waals surface area contributed by atoms with Crippen LogP contribution in [0.5, 0.6) is 0 Å². The second-order valence-electron chi connectivity index (χ2n) is 6.35. The molecule has 142 valence electrons. The third-order valence-corrected chi connectivity index (χ3v) is 5.84. The molecule has 1 aromatic heterocycles. The maximum absolute atomic E-state index is 12.8. The molecule has 0 saturated carbocycles. The summed E-state index contributed by atoms with van der Waals surface area (Å²) in [5.41, 5.74) is 2.03. The second-order valence-corrected chi connectivity index (χ2v) is 8.26. The number of anilines is 1. The van der Waals surface area contributed by atoms with Gasteiger partial charge in [-0.15, -0.1) is 4.47 Å². The van der Waals surface area contributed by atoms with Crippen LogP contribution in [0.3, 0.4) is 0 Å². The summed E-state index contributed by atoms with van der Waals surface area (Å²) >= 11 is 0. The first-order valence-electron chi connectivity index (χ1n) is 9.16. The molecule has 3 aromatic rings. The molecular weight excluding hydrogens is 360 g/mol. The highest BCUT2D eigenvalue weighted by molar-refractivity contribution is 7.92. The predicted molar refractivity (Wildman–Crippen MR) is 109 cm³/mol. The van der Waals surface area contributed by atoms with Gasteiger partial charge in [-0.2, -0.15) is 0 Å². The van der Waals surface area contributed by atoms with Crippen molar-refractivity contribution in [2.24, 2.45) is 0 Å². The number of fused-ring (bicyclic) bond motifs is 1. The third-order valence-electron chi connectivity index (χ3n) is 4.21. The number of pyridine rings is 1. The Morgan fingerprint density at radius 2 is 1.67 bits per heavy atom. The molecule has 0 N–H and O–H groups in total. The van der Waals surface area contributed by atoms with Gasteiger partial charge in [-0.1, -0.05) is 62.2 Å². The zero-order chi connectivity index (χ0) is 19.1. The van der Waals surface area contributed by atoms with Gasteiger partial charge in [0.05, 0.1) is 22.7 Å². The Morgan fingerprint density at radius 3 is 2.44 bits per heavy atom. The smallest absolute Gasteiger partial charge is 0.252 e. The van der Waals surface area contributed by atoms with Crippen LogP contribution in [0, 0.1) is 0 Å². The Bertz CT molecular complexity index is 975. The van der Waals surface area contributed by atoms with Crippen LogP contribution in [0.15, 0.2) is 66.7 Å². The maximum Gasteiger partial charge on any atom is 0.257 e. The molecule has 0 unspecified atom stereocenters. The van der Waals surface area contributed by atoms with Crippen LogP contribution in [0.4, 0.5) is 5.69 Å². The molecule has 0 radical (unpaired) electrons. The van der Waals surface area contributed by atoms with Crippen molar-refractivity contribution in [1.29, 1.82) is 0 Å². The van der Waals surface area contributed by atoms with E-state index in [4.69, 9.17) is 4.84 Å². The fourth-order valence-corrected chi connectivity index (χ4v) is 4.19. The molecule has 2 aromatic carbocycles. The Morgan fingerprint density at radius 1 is 0.926 bits per heavy atom. The normalized spacial score (nSPS) is 11.6. The molecule has 0 aliphatic heterocycles. The Hall–Kier alpha value is -2.44. The molecule has 0 atom stereocenters. The van der Waals surface area contributed by atoms with Crippen LogP contribution in [-0.2, 0) is 21.5 Å². The van der Waals surface area contributed by atoms with Crippen molar-refractivity contribution >= 4 is 26.6 Å². The molecular formula is C21H24N2O3S. The summed E-state index contributed by atoms with van der Waals surface area (Å²) in [6.07, 6.45) is 2.44. The van der Waals surface area contributed by atoms with E-state index in [0.29, 0.717) is 17.8 Å². The van der Waals surface area contributed by atoms with Gasteiger partial charge in [0.15, 0.2) is 0 Å². The van der Waals surface area contributed by atoms with Crippen molar-refractivity contribution in [3.05, 3.63) is 72.4 Å². The highest BCUT2D eigenvalue weighted by Crippen LogP contribution is 2.21. The Labute approximate surface area is 160 Å². The number of hydrogen-bond donors (Lipinski definition) is 0. The first-order chi connectivity index (χ1) is 13.1. The maximum atomic E-state index is 12.8. The molecule has 27 heavy (non-hydrogen) atoms. The number of nitrogens with zero attached hydrogens (tertiary/aromatic N) is 2. The topological polar surface area (TPSA) is 59.5 Å². The summed E-state index contributed by atoms with van der Waals surface area (Å²) in [4.78, 5) is 10.3. The molecule has 1 heterocycles. The average Bonchev–Trinajstić information content (AvgIpc) is 2.69. The Balaban J connectivity index is 1.80. The summed E-state index contributed by atoms with van der Waals surface area (Å²) in [6, 6.07) is 20.5. The van der Waals surface area contributed by atoms with E-state index in [1.165, 1.54) is 0 Å². The predicted octanol–water partition coefficient (Wildman–Crippen LogP) is 4.69. The van der Waals surface area contributed by atoms with Crippen molar-refractivity contribution in [3.63, 3.8) is 0 Å². The molecule has 5 nitrogen and oxygen atoms in total. The minimum Gasteiger partial charge on any atom is -0.252 e. The number of para-hydroxylation sites is 2. The summed E-state index contributed by atoms with van der Waals surface area (Å²) < 4.78 is 26.7. The van der Waals surface area contributed by atoms with Gasteiger partial charge in [-0.05, 0) is 30.7 Å². The number of sulfonamides is 1. The third kappa shape index (κ3) is 5.05. The fourth-order valence-electron chi connectivity index (χ4n) is 2.80. The zero-order valence-electron chi connectivity index (χ0n) is 15.4. The van der Waals surface area contributed by atoms with Crippen LogP contribution < -0.4 is 4.47 Å². The van der Waals surface area contributed by atoms with Crippen molar-refractivity contribution < 1.29 is 13.3 Å². The van der Waals surface area contributed by atoms with Gasteiger partial charge >= 0.3 is 0 Å². The van der Waals surface area contributed by atoms with Gasteiger partial charge < -0.3 is 0 Å². The summed E-state index contributed by atoms with van der Waals surface area (Å²) in [7, 11) is -3.58. The summed E-state index contributed by atoms with van der Waals surface area (Å²) in [5, 5.41) is 1.04. The van der Waals surface area contributed by atoms with E-state index in [0.717, 1.165) is 28.2 Å². The van der Waals surface area contributed by atoms with Gasteiger partial charge in [0.1, 0.15) is 6.61 Å². The van der Waals surface area contributed by atoms with Gasteiger partial charge in [0.2, 0.25) is 0 Å². The molecule has 0 aliphatic rings. The molecule has 0 aliphatic carbocycles. The van der Waals surface area contributed by atoms with E-state index < -0.39 is 10.0 Å². The SMILES string of the molecule is CCCCCS(=O)(=O)N(OCc1ccc2ccccc2n1)c1ccccc1. The van der Waals surface area contributed by atoms with Crippen molar-refractivity contribution in [2.45, 2.75) is 32.8 Å². The largest absolute Gasteiger partial charge is 0.257 e. The molecule has 3 rings (SSSR count). The number of aromatic nitrogens is 1. The molecule has 0 spiro atoms. The highest BCUT2D eigenvalue weighted by Gasteiger charge is 2.23. The van der Waals surface area contributed by atoms with Crippen LogP contribution in [0.2, 0.25) is 0 Å². The van der Waals surface area contributed by atoms with Crippen LogP contribution in [0.1, 0.15) is 31.9 Å². The number of hydrogen-bond acceptors (Lipinski definition) is 4. The molecule has 0 amide bonds. The first kappa shape index (κ1) is 19.3. The van der Waals surface area contributed by atoms with Crippen LogP contribution >= 0.6 is 0 Å². The Kier molecular flexibility index (Phi) is 6.42. The van der Waals surface area contributed by atoms with E-state index >= 15 is 0 Å².